The predicted molar refractivity (Wildman–Crippen MR) is 32.7 cm³/mol. The van der Waals surface area contributed by atoms with E-state index in [9.17, 15) is 34.5 Å². The summed E-state index contributed by atoms with van der Waals surface area (Å²) in [5.41, 5.74) is -0.968. The van der Waals surface area contributed by atoms with Gasteiger partial charge >= 0.3 is 0 Å². The molecule has 14 heavy (non-hydrogen) atoms. The summed E-state index contributed by atoms with van der Waals surface area (Å²) in [5.74, 6) is -7.58. The minimum Gasteiger partial charge on any atom is -0.550 e. The van der Waals surface area contributed by atoms with Crippen molar-refractivity contribution in [3.8, 4) is 0 Å². The molecule has 0 N–H and O–H groups in total. The second-order valence-electron chi connectivity index (χ2n) is 2.15. The number of hydrogen-bond donors (Lipinski definition) is 0. The average molecular weight is 199 g/mol. The van der Waals surface area contributed by atoms with Crippen LogP contribution in [0.25, 0.3) is 0 Å². The Balaban J connectivity index is 4.91. The van der Waals surface area contributed by atoms with E-state index >= 15 is 0 Å². The molecule has 0 saturated heterocycles. The van der Waals surface area contributed by atoms with E-state index < -0.39 is 35.7 Å². The number of carbonyl (C=O) groups is 4. The molecule has 0 heterocycles. The van der Waals surface area contributed by atoms with E-state index in [1.165, 1.54) is 0 Å². The summed E-state index contributed by atoms with van der Waals surface area (Å²) < 4.78 is 0. The summed E-state index contributed by atoms with van der Waals surface area (Å²) in [6.45, 7) is 0. The van der Waals surface area contributed by atoms with Gasteiger partial charge in [0.1, 0.15) is 5.97 Å². The first-order valence-electron chi connectivity index (χ1n) is 3.21. The van der Waals surface area contributed by atoms with E-state index in [1.54, 1.807) is 0 Å². The summed E-state index contributed by atoms with van der Waals surface area (Å²) >= 11 is 0. The highest BCUT2D eigenvalue weighted by atomic mass is 16.4. The first-order chi connectivity index (χ1) is 6.34. The maximum Gasteiger partial charge on any atom is 0.204 e. The van der Waals surface area contributed by atoms with Crippen molar-refractivity contribution >= 4 is 23.7 Å². The van der Waals surface area contributed by atoms with Crippen LogP contribution in [0.15, 0.2) is 11.6 Å². The van der Waals surface area contributed by atoms with E-state index in [2.05, 4.69) is 0 Å². The highest BCUT2D eigenvalue weighted by Crippen LogP contribution is 2.01. The normalized spacial score (nSPS) is 10.7. The van der Waals surface area contributed by atoms with Crippen LogP contribution in [0.1, 0.15) is 6.42 Å². The van der Waals surface area contributed by atoms with Gasteiger partial charge in [0, 0.05) is 18.0 Å². The van der Waals surface area contributed by atoms with Gasteiger partial charge in [-0.1, -0.05) is 0 Å². The van der Waals surface area contributed by atoms with Gasteiger partial charge in [0.2, 0.25) is 5.78 Å². The van der Waals surface area contributed by atoms with Crippen molar-refractivity contribution in [1.29, 1.82) is 0 Å². The Hall–Kier alpha value is -2.18. The fourth-order valence-electron chi connectivity index (χ4n) is 0.626. The maximum atomic E-state index is 10.6. The Labute approximate surface area is 77.3 Å². The number of ketones is 1. The molecule has 0 atom stereocenters. The van der Waals surface area contributed by atoms with Crippen molar-refractivity contribution < 1.29 is 34.5 Å². The monoisotopic (exact) mass is 199 g/mol. The zero-order valence-corrected chi connectivity index (χ0v) is 6.64. The number of carbonyl (C=O) groups excluding carboxylic acids is 4. The molecule has 76 valence electrons. The van der Waals surface area contributed by atoms with Gasteiger partial charge in [0.05, 0.1) is 5.97 Å². The molecule has 7 heteroatoms. The lowest BCUT2D eigenvalue weighted by Crippen LogP contribution is -2.35. The fraction of sp³-hybridized carbons (Fsp3) is 0.143. The van der Waals surface area contributed by atoms with Crippen LogP contribution in [0, 0.1) is 0 Å². The zero-order chi connectivity index (χ0) is 11.3. The van der Waals surface area contributed by atoms with Crippen LogP contribution < -0.4 is 15.3 Å². The molecule has 0 spiro atoms. The Morgan fingerprint density at radius 3 is 1.79 bits per heavy atom. The molecule has 7 nitrogen and oxygen atoms in total. The molecule has 0 aliphatic carbocycles. The molecule has 0 aliphatic heterocycles. The minimum atomic E-state index is -2.20. The van der Waals surface area contributed by atoms with E-state index in [0.717, 1.165) is 0 Å². The number of carboxylic acids is 3. The highest BCUT2D eigenvalue weighted by molar-refractivity contribution is 6.39. The predicted octanol–water partition coefficient (Wildman–Crippen LogP) is -4.88. The average Bonchev–Trinajstić information content (AvgIpc) is 1.99. The Kier molecular flexibility index (Phi) is 4.01. The molecule has 0 radical (unpaired) electrons. The minimum absolute atomic E-state index is 0.0773. The smallest absolute Gasteiger partial charge is 0.204 e. The van der Waals surface area contributed by atoms with Crippen LogP contribution in [0.5, 0.6) is 0 Å². The lowest BCUT2D eigenvalue weighted by atomic mass is 10.1. The van der Waals surface area contributed by atoms with Gasteiger partial charge in [-0.05, 0) is 6.08 Å². The molecular formula is C7H3O7-3. The van der Waals surface area contributed by atoms with Crippen molar-refractivity contribution in [2.24, 2.45) is 0 Å². The zero-order valence-electron chi connectivity index (χ0n) is 6.64. The third-order valence-electron chi connectivity index (χ3n) is 1.10. The van der Waals surface area contributed by atoms with Crippen molar-refractivity contribution in [3.05, 3.63) is 11.6 Å². The molecule has 0 aromatic rings. The number of aliphatic carboxylic acids is 3. The van der Waals surface area contributed by atoms with Crippen LogP contribution >= 0.6 is 0 Å². The Morgan fingerprint density at radius 2 is 1.50 bits per heavy atom. The molecular weight excluding hydrogens is 196 g/mol. The van der Waals surface area contributed by atoms with Crippen LogP contribution in [-0.4, -0.2) is 23.7 Å². The molecule has 0 unspecified atom stereocenters. The number of Topliss-reactive ketones (excluding diaryl/α,β-unsaturated/α-hetero) is 1. The SMILES string of the molecule is O=C([O-])/C=C(\CC(=O)[O-])C(=O)C(=O)[O-]. The van der Waals surface area contributed by atoms with Gasteiger partial charge in [-0.2, -0.15) is 0 Å². The Morgan fingerprint density at radius 1 is 1.00 bits per heavy atom. The molecule has 0 bridgehead atoms. The van der Waals surface area contributed by atoms with Gasteiger partial charge < -0.3 is 29.7 Å². The number of carboxylic acid groups (broad SMARTS) is 3. The lowest BCUT2D eigenvalue weighted by Gasteiger charge is -2.08. The van der Waals surface area contributed by atoms with Gasteiger partial charge in [-0.3, -0.25) is 4.79 Å². The quantitative estimate of drug-likeness (QED) is 0.319. The molecule has 0 amide bonds. The number of rotatable bonds is 5. The summed E-state index contributed by atoms with van der Waals surface area (Å²) in [7, 11) is 0. The van der Waals surface area contributed by atoms with Crippen molar-refractivity contribution in [1.82, 2.24) is 0 Å². The third kappa shape index (κ3) is 4.00. The number of hydrogen-bond acceptors (Lipinski definition) is 7. The lowest BCUT2D eigenvalue weighted by molar-refractivity contribution is -0.304. The summed E-state index contributed by atoms with van der Waals surface area (Å²) in [6, 6.07) is 0. The highest BCUT2D eigenvalue weighted by Gasteiger charge is 2.10. The second kappa shape index (κ2) is 4.75. The molecule has 0 aromatic carbocycles. The van der Waals surface area contributed by atoms with Gasteiger partial charge in [-0.15, -0.1) is 0 Å². The van der Waals surface area contributed by atoms with Crippen LogP contribution in [0.3, 0.4) is 0 Å². The molecule has 0 aliphatic rings. The van der Waals surface area contributed by atoms with Crippen molar-refractivity contribution in [2.75, 3.05) is 0 Å². The first-order valence-corrected chi connectivity index (χ1v) is 3.21. The largest absolute Gasteiger partial charge is 0.550 e. The van der Waals surface area contributed by atoms with Crippen molar-refractivity contribution in [2.45, 2.75) is 6.42 Å². The molecule has 0 saturated carbocycles. The van der Waals surface area contributed by atoms with Crippen LogP contribution in [-0.2, 0) is 19.2 Å². The topological polar surface area (TPSA) is 137 Å². The summed E-state index contributed by atoms with van der Waals surface area (Å²) in [6.07, 6.45) is -1.05. The first kappa shape index (κ1) is 11.8. The third-order valence-corrected chi connectivity index (χ3v) is 1.10. The van der Waals surface area contributed by atoms with E-state index in [4.69, 9.17) is 0 Å². The fourth-order valence-corrected chi connectivity index (χ4v) is 0.626. The van der Waals surface area contributed by atoms with Gasteiger partial charge in [0.15, 0.2) is 0 Å². The molecule has 0 fully saturated rings. The maximum absolute atomic E-state index is 10.6. The standard InChI is InChI=1S/C7H6O7/c8-4(9)1-3(2-5(10)11)6(12)7(13)14/h1H,2H2,(H,8,9)(H,10,11)(H,13,14)/p-3/b3-1+. The second-order valence-corrected chi connectivity index (χ2v) is 2.15. The Bertz CT molecular complexity index is 325. The van der Waals surface area contributed by atoms with E-state index in [1.807, 2.05) is 0 Å². The summed E-state index contributed by atoms with van der Waals surface area (Å²) in [5, 5.41) is 29.9. The summed E-state index contributed by atoms with van der Waals surface area (Å²) in [4.78, 5) is 40.5. The van der Waals surface area contributed by atoms with E-state index in [-0.39, 0.29) is 6.08 Å². The van der Waals surface area contributed by atoms with Crippen LogP contribution in [0.4, 0.5) is 0 Å². The van der Waals surface area contributed by atoms with E-state index in [0.29, 0.717) is 0 Å². The molecule has 0 aromatic heterocycles. The van der Waals surface area contributed by atoms with Gasteiger partial charge in [-0.25, -0.2) is 0 Å². The van der Waals surface area contributed by atoms with Crippen LogP contribution in [0.2, 0.25) is 0 Å². The van der Waals surface area contributed by atoms with Crippen molar-refractivity contribution in [3.63, 3.8) is 0 Å². The van der Waals surface area contributed by atoms with Gasteiger partial charge in [0.25, 0.3) is 0 Å². The molecule has 0 rings (SSSR count).